The molecule has 17 heavy (non-hydrogen) atoms. The van der Waals surface area contributed by atoms with Crippen LogP contribution in [-0.4, -0.2) is 11.7 Å². The van der Waals surface area contributed by atoms with Gasteiger partial charge in [-0.1, -0.05) is 20.8 Å². The lowest BCUT2D eigenvalue weighted by Gasteiger charge is -2.51. The highest BCUT2D eigenvalue weighted by Crippen LogP contribution is 2.66. The summed E-state index contributed by atoms with van der Waals surface area (Å²) in [5.74, 6) is 2.18. The van der Waals surface area contributed by atoms with Crippen LogP contribution in [0.2, 0.25) is 0 Å². The molecule has 2 aliphatic carbocycles. The highest BCUT2D eigenvalue weighted by molar-refractivity contribution is 5.32. The molecule has 1 saturated carbocycles. The molecule has 0 unspecified atom stereocenters. The van der Waals surface area contributed by atoms with Crippen molar-refractivity contribution in [2.45, 2.75) is 46.0 Å². The van der Waals surface area contributed by atoms with Gasteiger partial charge in [-0.25, -0.2) is 0 Å². The van der Waals surface area contributed by atoms with Crippen LogP contribution in [0, 0.1) is 16.7 Å². The highest BCUT2D eigenvalue weighted by atomic mass is 16.3. The number of rotatable bonds is 1. The summed E-state index contributed by atoms with van der Waals surface area (Å²) in [7, 11) is 0. The molecule has 1 fully saturated rings. The maximum Gasteiger partial charge on any atom is 0.107 e. The molecule has 2 nitrogen and oxygen atoms in total. The molecule has 1 heterocycles. The smallest absolute Gasteiger partial charge is 0.107 e. The fourth-order valence-corrected chi connectivity index (χ4v) is 4.53. The predicted molar refractivity (Wildman–Crippen MR) is 66.9 cm³/mol. The topological polar surface area (TPSA) is 33.4 Å². The third-order valence-corrected chi connectivity index (χ3v) is 6.14. The number of hydrogen-bond donors (Lipinski definition) is 1. The van der Waals surface area contributed by atoms with Crippen LogP contribution in [0.25, 0.3) is 0 Å². The van der Waals surface area contributed by atoms with E-state index in [-0.39, 0.29) is 17.4 Å². The van der Waals surface area contributed by atoms with E-state index in [9.17, 15) is 5.11 Å². The van der Waals surface area contributed by atoms with Crippen molar-refractivity contribution in [1.29, 1.82) is 0 Å². The summed E-state index contributed by atoms with van der Waals surface area (Å²) in [6.45, 7) is 7.25. The largest absolute Gasteiger partial charge is 0.469 e. The molecule has 0 aromatic carbocycles. The van der Waals surface area contributed by atoms with Crippen molar-refractivity contribution in [3.8, 4) is 0 Å². The first-order valence-corrected chi connectivity index (χ1v) is 6.72. The normalized spacial score (nSPS) is 44.5. The fourth-order valence-electron chi connectivity index (χ4n) is 4.53. The molecular formula is C15H22O2. The number of hydrogen-bond acceptors (Lipinski definition) is 2. The van der Waals surface area contributed by atoms with E-state index < -0.39 is 0 Å². The van der Waals surface area contributed by atoms with E-state index in [4.69, 9.17) is 4.42 Å². The molecule has 0 spiro atoms. The lowest BCUT2D eigenvalue weighted by atomic mass is 9.52. The molecule has 1 N–H and O–H groups in total. The third kappa shape index (κ3) is 1.15. The minimum Gasteiger partial charge on any atom is -0.469 e. The van der Waals surface area contributed by atoms with Crippen LogP contribution in [0.3, 0.4) is 0 Å². The SMILES string of the molecule is C[C@@H]1CC[C@@]2(C)[C@H](C)c3ccoc3C[C@@]12CO. The average Bonchev–Trinajstić information content (AvgIpc) is 2.87. The molecular weight excluding hydrogens is 212 g/mol. The zero-order chi connectivity index (χ0) is 12.3. The van der Waals surface area contributed by atoms with E-state index >= 15 is 0 Å². The Balaban J connectivity index is 2.17. The quantitative estimate of drug-likeness (QED) is 0.808. The van der Waals surface area contributed by atoms with Gasteiger partial charge in [0.1, 0.15) is 5.76 Å². The zero-order valence-electron chi connectivity index (χ0n) is 11.0. The molecule has 0 saturated heterocycles. The van der Waals surface area contributed by atoms with Gasteiger partial charge < -0.3 is 9.52 Å². The van der Waals surface area contributed by atoms with Crippen molar-refractivity contribution in [2.24, 2.45) is 16.7 Å². The van der Waals surface area contributed by atoms with Crippen molar-refractivity contribution in [2.75, 3.05) is 6.61 Å². The van der Waals surface area contributed by atoms with Crippen LogP contribution in [-0.2, 0) is 6.42 Å². The predicted octanol–water partition coefficient (Wildman–Crippen LogP) is 3.35. The maximum absolute atomic E-state index is 10.0. The van der Waals surface area contributed by atoms with Crippen molar-refractivity contribution < 1.29 is 9.52 Å². The van der Waals surface area contributed by atoms with E-state index in [0.29, 0.717) is 11.8 Å². The van der Waals surface area contributed by atoms with Gasteiger partial charge in [-0.15, -0.1) is 0 Å². The Morgan fingerprint density at radius 1 is 1.47 bits per heavy atom. The van der Waals surface area contributed by atoms with Crippen molar-refractivity contribution in [3.63, 3.8) is 0 Å². The number of aliphatic hydroxyl groups is 1. The van der Waals surface area contributed by atoms with E-state index in [0.717, 1.165) is 12.2 Å². The van der Waals surface area contributed by atoms with Gasteiger partial charge in [0.2, 0.25) is 0 Å². The van der Waals surface area contributed by atoms with Crippen LogP contribution < -0.4 is 0 Å². The van der Waals surface area contributed by atoms with Gasteiger partial charge in [0.05, 0.1) is 6.26 Å². The number of aliphatic hydroxyl groups excluding tert-OH is 1. The van der Waals surface area contributed by atoms with Gasteiger partial charge >= 0.3 is 0 Å². The Labute approximate surface area is 103 Å². The van der Waals surface area contributed by atoms with Crippen molar-refractivity contribution in [3.05, 3.63) is 23.7 Å². The van der Waals surface area contributed by atoms with Crippen molar-refractivity contribution >= 4 is 0 Å². The van der Waals surface area contributed by atoms with E-state index in [1.54, 1.807) is 6.26 Å². The van der Waals surface area contributed by atoms with Crippen LogP contribution >= 0.6 is 0 Å². The summed E-state index contributed by atoms with van der Waals surface area (Å²) in [4.78, 5) is 0. The van der Waals surface area contributed by atoms with E-state index in [2.05, 4.69) is 26.8 Å². The van der Waals surface area contributed by atoms with Crippen LogP contribution in [0.1, 0.15) is 50.9 Å². The molecule has 0 radical (unpaired) electrons. The zero-order valence-corrected chi connectivity index (χ0v) is 11.0. The molecule has 94 valence electrons. The standard InChI is InChI=1S/C15H22O2/c1-10-4-6-14(3)11(2)12-5-7-17-13(12)8-15(10,14)9-16/h5,7,10-11,16H,4,6,8-9H2,1-3H3/t10-,11-,14+,15-/m1/s1. The maximum atomic E-state index is 10.0. The lowest BCUT2D eigenvalue weighted by Crippen LogP contribution is -2.49. The highest BCUT2D eigenvalue weighted by Gasteiger charge is 2.61. The number of fused-ring (bicyclic) bond motifs is 2. The average molecular weight is 234 g/mol. The second-order valence-electron chi connectivity index (χ2n) is 6.37. The van der Waals surface area contributed by atoms with Crippen molar-refractivity contribution in [1.82, 2.24) is 0 Å². The van der Waals surface area contributed by atoms with Gasteiger partial charge in [-0.05, 0) is 41.7 Å². The first kappa shape index (κ1) is 11.3. The minimum atomic E-state index is 0.0251. The van der Waals surface area contributed by atoms with Gasteiger partial charge in [-0.2, -0.15) is 0 Å². The van der Waals surface area contributed by atoms with E-state index in [1.165, 1.54) is 18.4 Å². The first-order chi connectivity index (χ1) is 8.05. The molecule has 1 aromatic heterocycles. The summed E-state index contributed by atoms with van der Waals surface area (Å²) in [5, 5.41) is 10.0. The van der Waals surface area contributed by atoms with Crippen LogP contribution in [0.4, 0.5) is 0 Å². The molecule has 0 bridgehead atoms. The molecule has 4 atom stereocenters. The summed E-state index contributed by atoms with van der Waals surface area (Å²) in [6.07, 6.45) is 5.17. The van der Waals surface area contributed by atoms with Crippen LogP contribution in [0.15, 0.2) is 16.7 Å². The molecule has 0 amide bonds. The van der Waals surface area contributed by atoms with Gasteiger partial charge in [0.15, 0.2) is 0 Å². The summed E-state index contributed by atoms with van der Waals surface area (Å²) in [5.41, 5.74) is 1.61. The van der Waals surface area contributed by atoms with Gasteiger partial charge in [0.25, 0.3) is 0 Å². The lowest BCUT2D eigenvalue weighted by molar-refractivity contribution is -0.0374. The minimum absolute atomic E-state index is 0.0251. The number of furan rings is 1. The Hall–Kier alpha value is -0.760. The monoisotopic (exact) mass is 234 g/mol. The third-order valence-electron chi connectivity index (χ3n) is 6.14. The van der Waals surface area contributed by atoms with E-state index in [1.807, 2.05) is 0 Å². The summed E-state index contributed by atoms with van der Waals surface area (Å²) in [6, 6.07) is 2.12. The second-order valence-corrected chi connectivity index (χ2v) is 6.37. The Morgan fingerprint density at radius 2 is 2.24 bits per heavy atom. The second kappa shape index (κ2) is 3.38. The van der Waals surface area contributed by atoms with Gasteiger partial charge in [0, 0.05) is 18.4 Å². The fraction of sp³-hybridized carbons (Fsp3) is 0.733. The Kier molecular flexibility index (Phi) is 2.25. The summed E-state index contributed by atoms with van der Waals surface area (Å²) < 4.78 is 5.64. The molecule has 1 aromatic rings. The Morgan fingerprint density at radius 3 is 2.94 bits per heavy atom. The molecule has 3 rings (SSSR count). The first-order valence-electron chi connectivity index (χ1n) is 6.72. The molecule has 2 aliphatic rings. The Bertz CT molecular complexity index is 436. The molecule has 2 heteroatoms. The van der Waals surface area contributed by atoms with Crippen LogP contribution in [0.5, 0.6) is 0 Å². The van der Waals surface area contributed by atoms with Gasteiger partial charge in [-0.3, -0.25) is 0 Å². The molecule has 0 aliphatic heterocycles. The summed E-state index contributed by atoms with van der Waals surface area (Å²) >= 11 is 0.